The van der Waals surface area contributed by atoms with Crippen molar-refractivity contribution in [2.75, 3.05) is 16.1 Å². The van der Waals surface area contributed by atoms with Gasteiger partial charge in [0, 0.05) is 0 Å². The third kappa shape index (κ3) is 4.35. The summed E-state index contributed by atoms with van der Waals surface area (Å²) in [5.41, 5.74) is 5.24. The van der Waals surface area contributed by atoms with Gasteiger partial charge < -0.3 is 4.74 Å². The fourth-order valence-electron chi connectivity index (χ4n) is 2.82. The van der Waals surface area contributed by atoms with Crippen molar-refractivity contribution >= 4 is 40.3 Å². The number of carbonyl (C=O) groups is 2. The van der Waals surface area contributed by atoms with Crippen LogP contribution in [-0.2, 0) is 4.79 Å². The minimum absolute atomic E-state index is 0.123. The number of thioether (sulfide) groups is 1. The predicted molar refractivity (Wildman–Crippen MR) is 111 cm³/mol. The Morgan fingerprint density at radius 1 is 1.25 bits per heavy atom. The van der Waals surface area contributed by atoms with Gasteiger partial charge in [0.15, 0.2) is 5.17 Å². The second-order valence-electron chi connectivity index (χ2n) is 6.63. The molecule has 0 aromatic heterocycles. The molecular weight excluding hydrogens is 378 g/mol. The van der Waals surface area contributed by atoms with Crippen molar-refractivity contribution in [3.63, 3.8) is 0 Å². The minimum atomic E-state index is -0.814. The van der Waals surface area contributed by atoms with E-state index in [9.17, 15) is 9.59 Å². The summed E-state index contributed by atoms with van der Waals surface area (Å²) in [5, 5.41) is 9.13. The molecule has 7 nitrogen and oxygen atoms in total. The molecule has 1 saturated heterocycles. The lowest BCUT2D eigenvalue weighted by Gasteiger charge is -2.22. The second-order valence-corrected chi connectivity index (χ2v) is 7.58. The van der Waals surface area contributed by atoms with Gasteiger partial charge in [-0.25, -0.2) is 4.79 Å². The molecule has 2 aromatic carbocycles. The fraction of sp³-hybridized carbons (Fsp3) is 0.250. The van der Waals surface area contributed by atoms with Crippen molar-refractivity contribution in [1.29, 1.82) is 0 Å². The Hall–Kier alpha value is -2.84. The molecule has 2 N–H and O–H groups in total. The number of anilines is 2. The highest BCUT2D eigenvalue weighted by molar-refractivity contribution is 8.15. The Bertz CT molecular complexity index is 926. The van der Waals surface area contributed by atoms with E-state index in [1.807, 2.05) is 30.6 Å². The number of aryl methyl sites for hydroxylation is 1. The number of nitrogens with one attached hydrogen (secondary N) is 1. The van der Waals surface area contributed by atoms with Crippen LogP contribution in [0.2, 0.25) is 0 Å². The summed E-state index contributed by atoms with van der Waals surface area (Å²) in [6.07, 6.45) is -0.814. The number of amides is 2. The molecule has 0 unspecified atom stereocenters. The van der Waals surface area contributed by atoms with Gasteiger partial charge in [0.05, 0.1) is 17.1 Å². The molecule has 28 heavy (non-hydrogen) atoms. The number of carbonyl (C=O) groups excluding carboxylic acids is 2. The predicted octanol–water partition coefficient (Wildman–Crippen LogP) is 4.55. The minimum Gasteiger partial charge on any atom is -0.409 e. The first-order valence-electron chi connectivity index (χ1n) is 8.76. The molecule has 0 bridgehead atoms. The molecule has 0 radical (unpaired) electrons. The van der Waals surface area contributed by atoms with E-state index in [1.54, 1.807) is 12.1 Å². The summed E-state index contributed by atoms with van der Waals surface area (Å²) in [4.78, 5) is 30.3. The molecule has 3 rings (SSSR count). The van der Waals surface area contributed by atoms with Crippen LogP contribution in [0, 0.1) is 6.92 Å². The zero-order valence-electron chi connectivity index (χ0n) is 15.8. The number of hydrogen-bond donors (Lipinski definition) is 2. The van der Waals surface area contributed by atoms with Gasteiger partial charge in [-0.15, -0.1) is 4.99 Å². The Kier molecular flexibility index (Phi) is 6.01. The van der Waals surface area contributed by atoms with Crippen molar-refractivity contribution in [3.8, 4) is 5.75 Å². The van der Waals surface area contributed by atoms with Crippen LogP contribution in [0.3, 0.4) is 0 Å². The smallest absolute Gasteiger partial charge is 0.409 e. The summed E-state index contributed by atoms with van der Waals surface area (Å²) in [6, 6.07) is 12.1. The molecule has 0 aliphatic carbocycles. The Morgan fingerprint density at radius 2 is 1.96 bits per heavy atom. The fourth-order valence-corrected chi connectivity index (χ4v) is 3.67. The molecule has 0 saturated carbocycles. The Balaban J connectivity index is 1.87. The lowest BCUT2D eigenvalue weighted by atomic mass is 9.99. The van der Waals surface area contributed by atoms with Crippen molar-refractivity contribution in [2.45, 2.75) is 26.7 Å². The first-order valence-corrected chi connectivity index (χ1v) is 9.74. The second kappa shape index (κ2) is 8.45. The summed E-state index contributed by atoms with van der Waals surface area (Å²) >= 11 is 1.21. The number of hydrogen-bond acceptors (Lipinski definition) is 6. The van der Waals surface area contributed by atoms with Crippen molar-refractivity contribution < 1.29 is 19.5 Å². The van der Waals surface area contributed by atoms with E-state index in [2.05, 4.69) is 18.8 Å². The van der Waals surface area contributed by atoms with E-state index in [1.165, 1.54) is 28.8 Å². The molecular formula is C20H21N3O4S. The van der Waals surface area contributed by atoms with Gasteiger partial charge >= 0.3 is 6.09 Å². The van der Waals surface area contributed by atoms with Crippen LogP contribution >= 0.6 is 11.8 Å². The van der Waals surface area contributed by atoms with Crippen molar-refractivity contribution in [2.24, 2.45) is 4.99 Å². The number of rotatable bonds is 4. The van der Waals surface area contributed by atoms with Crippen LogP contribution < -0.4 is 15.1 Å². The van der Waals surface area contributed by atoms with Gasteiger partial charge in [-0.3, -0.25) is 20.4 Å². The lowest BCUT2D eigenvalue weighted by Crippen LogP contribution is -2.31. The standard InChI is InChI=1S/C20H21N3O4S/c1-12(2)16-9-4-13(3)10-17(16)23-18(24)11-28-19(23)21-20(25)27-15-7-5-14(22-26)6-8-15/h4-10,12,22,26H,11H2,1-3H3/b21-19-. The highest BCUT2D eigenvalue weighted by Gasteiger charge is 2.32. The van der Waals surface area contributed by atoms with Gasteiger partial charge in [-0.2, -0.15) is 0 Å². The lowest BCUT2D eigenvalue weighted by molar-refractivity contribution is -0.115. The first kappa shape index (κ1) is 19.9. The largest absolute Gasteiger partial charge is 0.441 e. The summed E-state index contributed by atoms with van der Waals surface area (Å²) in [7, 11) is 0. The number of ether oxygens (including phenoxy) is 1. The Morgan fingerprint density at radius 3 is 2.61 bits per heavy atom. The zero-order valence-corrected chi connectivity index (χ0v) is 16.6. The van der Waals surface area contributed by atoms with E-state index in [-0.39, 0.29) is 23.3 Å². The molecule has 1 aliphatic heterocycles. The third-order valence-electron chi connectivity index (χ3n) is 4.19. The van der Waals surface area contributed by atoms with Gasteiger partial charge in [-0.05, 0) is 54.3 Å². The van der Waals surface area contributed by atoms with Gasteiger partial charge in [-0.1, -0.05) is 37.7 Å². The number of nitrogens with zero attached hydrogens (tertiary/aromatic N) is 2. The average Bonchev–Trinajstić information content (AvgIpc) is 3.01. The van der Waals surface area contributed by atoms with Crippen LogP contribution in [0.4, 0.5) is 16.2 Å². The molecule has 2 amide bonds. The maximum Gasteiger partial charge on any atom is 0.441 e. The van der Waals surface area contributed by atoms with E-state index in [0.717, 1.165) is 16.8 Å². The maximum atomic E-state index is 12.5. The SMILES string of the molecule is Cc1ccc(C(C)C)c(N2C(=O)CS/C2=N\C(=O)Oc2ccc(NO)cc2)c1. The number of aliphatic imine (C=N–C) groups is 1. The van der Waals surface area contributed by atoms with E-state index < -0.39 is 6.09 Å². The third-order valence-corrected chi connectivity index (χ3v) is 5.11. The molecule has 8 heteroatoms. The highest BCUT2D eigenvalue weighted by Crippen LogP contribution is 2.34. The van der Waals surface area contributed by atoms with Crippen LogP contribution in [0.25, 0.3) is 0 Å². The maximum absolute atomic E-state index is 12.5. The van der Waals surface area contributed by atoms with E-state index >= 15 is 0 Å². The topological polar surface area (TPSA) is 91.2 Å². The highest BCUT2D eigenvalue weighted by atomic mass is 32.2. The summed E-state index contributed by atoms with van der Waals surface area (Å²) < 4.78 is 5.21. The number of benzene rings is 2. The van der Waals surface area contributed by atoms with Crippen LogP contribution in [-0.4, -0.2) is 28.1 Å². The zero-order chi connectivity index (χ0) is 20.3. The van der Waals surface area contributed by atoms with Crippen LogP contribution in [0.1, 0.15) is 30.9 Å². The first-order chi connectivity index (χ1) is 13.4. The van der Waals surface area contributed by atoms with Crippen LogP contribution in [0.5, 0.6) is 5.75 Å². The molecule has 1 heterocycles. The van der Waals surface area contributed by atoms with Crippen molar-refractivity contribution in [3.05, 3.63) is 53.6 Å². The quantitative estimate of drug-likeness (QED) is 0.733. The monoisotopic (exact) mass is 399 g/mol. The van der Waals surface area contributed by atoms with E-state index in [4.69, 9.17) is 9.94 Å². The average molecular weight is 399 g/mol. The molecule has 146 valence electrons. The van der Waals surface area contributed by atoms with Gasteiger partial charge in [0.2, 0.25) is 5.91 Å². The molecule has 2 aromatic rings. The normalized spacial score (nSPS) is 15.4. The van der Waals surface area contributed by atoms with Crippen molar-refractivity contribution in [1.82, 2.24) is 0 Å². The number of amidine groups is 1. The van der Waals surface area contributed by atoms with Gasteiger partial charge in [0.1, 0.15) is 5.75 Å². The van der Waals surface area contributed by atoms with Gasteiger partial charge in [0.25, 0.3) is 0 Å². The summed E-state index contributed by atoms with van der Waals surface area (Å²) in [6.45, 7) is 6.06. The molecule has 1 aliphatic rings. The molecule has 1 fully saturated rings. The summed E-state index contributed by atoms with van der Waals surface area (Å²) in [5.74, 6) is 0.588. The molecule has 0 atom stereocenters. The molecule has 0 spiro atoms. The van der Waals surface area contributed by atoms with Crippen LogP contribution in [0.15, 0.2) is 47.5 Å². The Labute approximate surface area is 167 Å². The van der Waals surface area contributed by atoms with E-state index in [0.29, 0.717) is 10.9 Å².